The van der Waals surface area contributed by atoms with Crippen LogP contribution in [0.1, 0.15) is 0 Å². The zero-order valence-electron chi connectivity index (χ0n) is 12.7. The van der Waals surface area contributed by atoms with Gasteiger partial charge in [-0.05, 0) is 33.6 Å². The SMILES string of the molecule is COC1=NN(C)C(O)N1c1ccc(-c2c(F)cnc(Br)c2Cl)cc1. The molecule has 0 amide bonds. The van der Waals surface area contributed by atoms with E-state index in [-0.39, 0.29) is 16.6 Å². The van der Waals surface area contributed by atoms with Crippen molar-refractivity contribution >= 4 is 39.2 Å². The molecule has 1 aromatic heterocycles. The fourth-order valence-corrected chi connectivity index (χ4v) is 2.93. The van der Waals surface area contributed by atoms with Crippen LogP contribution in [0, 0.1) is 5.82 Å². The van der Waals surface area contributed by atoms with E-state index in [0.717, 1.165) is 6.20 Å². The third-order valence-corrected chi connectivity index (χ3v) is 4.76. The second-order valence-electron chi connectivity index (χ2n) is 5.01. The van der Waals surface area contributed by atoms with Crippen LogP contribution < -0.4 is 4.90 Å². The van der Waals surface area contributed by atoms with E-state index in [4.69, 9.17) is 16.3 Å². The Balaban J connectivity index is 1.98. The summed E-state index contributed by atoms with van der Waals surface area (Å²) < 4.78 is 19.6. The average molecular weight is 416 g/mol. The summed E-state index contributed by atoms with van der Waals surface area (Å²) in [6, 6.07) is 7.09. The van der Waals surface area contributed by atoms with Crippen LogP contribution >= 0.6 is 27.5 Å². The minimum absolute atomic E-state index is 0.197. The van der Waals surface area contributed by atoms with Gasteiger partial charge in [-0.25, -0.2) is 19.3 Å². The maximum Gasteiger partial charge on any atom is 0.317 e. The number of ether oxygens (including phenoxy) is 1. The van der Waals surface area contributed by atoms with Crippen molar-refractivity contribution in [3.63, 3.8) is 0 Å². The number of halogens is 3. The number of methoxy groups -OCH3 is 1. The lowest BCUT2D eigenvalue weighted by Crippen LogP contribution is -2.41. The molecule has 2 heterocycles. The van der Waals surface area contributed by atoms with Crippen molar-refractivity contribution in [2.45, 2.75) is 6.35 Å². The molecule has 0 saturated heterocycles. The Morgan fingerprint density at radius 2 is 2.00 bits per heavy atom. The number of benzene rings is 1. The van der Waals surface area contributed by atoms with E-state index in [1.54, 1.807) is 31.3 Å². The predicted octanol–water partition coefficient (Wildman–Crippen LogP) is 3.25. The first kappa shape index (κ1) is 16.9. The molecular weight excluding hydrogens is 403 g/mol. The Morgan fingerprint density at radius 1 is 1.33 bits per heavy atom. The Labute approximate surface area is 151 Å². The van der Waals surface area contributed by atoms with Gasteiger partial charge in [0.15, 0.2) is 5.82 Å². The molecule has 0 aliphatic carbocycles. The van der Waals surface area contributed by atoms with Gasteiger partial charge in [-0.1, -0.05) is 23.7 Å². The largest absolute Gasteiger partial charge is 0.467 e. The second kappa shape index (κ2) is 6.54. The molecule has 0 bridgehead atoms. The van der Waals surface area contributed by atoms with Gasteiger partial charge >= 0.3 is 6.02 Å². The Bertz CT molecular complexity index is 803. The van der Waals surface area contributed by atoms with E-state index in [0.29, 0.717) is 15.9 Å². The monoisotopic (exact) mass is 414 g/mol. The number of hydrogen-bond donors (Lipinski definition) is 1. The van der Waals surface area contributed by atoms with Gasteiger partial charge in [-0.15, -0.1) is 5.10 Å². The van der Waals surface area contributed by atoms with Crippen LogP contribution in [0.2, 0.25) is 5.02 Å². The molecule has 24 heavy (non-hydrogen) atoms. The fourth-order valence-electron chi connectivity index (χ4n) is 2.38. The number of nitrogens with zero attached hydrogens (tertiary/aromatic N) is 4. The highest BCUT2D eigenvalue weighted by Gasteiger charge is 2.32. The summed E-state index contributed by atoms with van der Waals surface area (Å²) in [5.74, 6) is -0.518. The maximum absolute atomic E-state index is 14.1. The molecule has 1 aromatic carbocycles. The van der Waals surface area contributed by atoms with Crippen LogP contribution in [0.3, 0.4) is 0 Å². The summed E-state index contributed by atoms with van der Waals surface area (Å²) >= 11 is 9.33. The van der Waals surface area contributed by atoms with Crippen LogP contribution in [0.25, 0.3) is 11.1 Å². The van der Waals surface area contributed by atoms with Gasteiger partial charge in [0.25, 0.3) is 0 Å². The summed E-state index contributed by atoms with van der Waals surface area (Å²) in [7, 11) is 3.09. The minimum atomic E-state index is -0.985. The van der Waals surface area contributed by atoms with Crippen LogP contribution in [-0.2, 0) is 4.74 Å². The summed E-state index contributed by atoms with van der Waals surface area (Å²) in [5.41, 5.74) is 1.48. The maximum atomic E-state index is 14.1. The standard InChI is InChI=1S/C15H13BrClFN4O2/c1-21-15(23)22(14(20-21)24-2)9-5-3-8(4-6-9)11-10(18)7-19-13(16)12(11)17/h3-7,15,23H,1-2H3. The van der Waals surface area contributed by atoms with E-state index >= 15 is 0 Å². The zero-order chi connectivity index (χ0) is 17.4. The first-order valence-corrected chi connectivity index (χ1v) is 8.03. The molecule has 6 nitrogen and oxygen atoms in total. The molecule has 0 radical (unpaired) electrons. The van der Waals surface area contributed by atoms with Crippen LogP contribution in [-0.4, -0.2) is 41.6 Å². The molecule has 0 fully saturated rings. The first-order chi connectivity index (χ1) is 11.4. The molecule has 1 aliphatic heterocycles. The van der Waals surface area contributed by atoms with Crippen molar-refractivity contribution in [2.24, 2.45) is 5.10 Å². The first-order valence-electron chi connectivity index (χ1n) is 6.86. The third-order valence-electron chi connectivity index (χ3n) is 3.56. The van der Waals surface area contributed by atoms with Crippen molar-refractivity contribution in [3.05, 3.63) is 45.9 Å². The van der Waals surface area contributed by atoms with E-state index in [9.17, 15) is 9.50 Å². The van der Waals surface area contributed by atoms with Crippen molar-refractivity contribution in [2.75, 3.05) is 19.1 Å². The Morgan fingerprint density at radius 3 is 2.62 bits per heavy atom. The van der Waals surface area contributed by atoms with Crippen LogP contribution in [0.15, 0.2) is 40.2 Å². The summed E-state index contributed by atoms with van der Waals surface area (Å²) in [6.07, 6.45) is 0.120. The number of aliphatic hydroxyl groups is 1. The molecule has 0 spiro atoms. The van der Waals surface area contributed by atoms with Gasteiger partial charge in [0.1, 0.15) is 4.60 Å². The lowest BCUT2D eigenvalue weighted by Gasteiger charge is -2.24. The average Bonchev–Trinajstić information content (AvgIpc) is 2.87. The quantitative estimate of drug-likeness (QED) is 0.763. The molecule has 1 N–H and O–H groups in total. The zero-order valence-corrected chi connectivity index (χ0v) is 15.1. The van der Waals surface area contributed by atoms with E-state index in [1.165, 1.54) is 17.0 Å². The number of amidine groups is 1. The van der Waals surface area contributed by atoms with Gasteiger partial charge < -0.3 is 9.84 Å². The Kier molecular flexibility index (Phi) is 4.62. The van der Waals surface area contributed by atoms with E-state index in [2.05, 4.69) is 26.0 Å². The van der Waals surface area contributed by atoms with Gasteiger partial charge in [-0.3, -0.25) is 0 Å². The number of anilines is 1. The van der Waals surface area contributed by atoms with Gasteiger partial charge in [-0.2, -0.15) is 0 Å². The number of rotatable bonds is 2. The summed E-state index contributed by atoms with van der Waals surface area (Å²) in [6.45, 7) is 0. The normalized spacial score (nSPS) is 17.2. The molecular formula is C15H13BrClFN4O2. The van der Waals surface area contributed by atoms with Crippen LogP contribution in [0.5, 0.6) is 0 Å². The molecule has 1 atom stereocenters. The topological polar surface area (TPSA) is 61.2 Å². The molecule has 3 rings (SSSR count). The second-order valence-corrected chi connectivity index (χ2v) is 6.14. The lowest BCUT2D eigenvalue weighted by atomic mass is 10.1. The van der Waals surface area contributed by atoms with Crippen molar-refractivity contribution in [3.8, 4) is 11.1 Å². The number of aliphatic hydroxyl groups excluding tert-OH is 1. The number of hydrogen-bond acceptors (Lipinski definition) is 6. The highest BCUT2D eigenvalue weighted by atomic mass is 79.9. The fraction of sp³-hybridized carbons (Fsp3) is 0.200. The van der Waals surface area contributed by atoms with E-state index < -0.39 is 12.2 Å². The van der Waals surface area contributed by atoms with E-state index in [1.807, 2.05) is 0 Å². The summed E-state index contributed by atoms with van der Waals surface area (Å²) in [5, 5.41) is 15.8. The molecule has 126 valence electrons. The highest BCUT2D eigenvalue weighted by molar-refractivity contribution is 9.10. The smallest absolute Gasteiger partial charge is 0.317 e. The summed E-state index contributed by atoms with van der Waals surface area (Å²) in [4.78, 5) is 5.32. The van der Waals surface area contributed by atoms with Gasteiger partial charge in [0, 0.05) is 18.3 Å². The molecule has 2 aromatic rings. The predicted molar refractivity (Wildman–Crippen MR) is 93.0 cm³/mol. The molecule has 0 saturated carbocycles. The minimum Gasteiger partial charge on any atom is -0.467 e. The van der Waals surface area contributed by atoms with Crippen molar-refractivity contribution < 1.29 is 14.2 Å². The van der Waals surface area contributed by atoms with Gasteiger partial charge in [0.05, 0.1) is 18.3 Å². The van der Waals surface area contributed by atoms with Crippen molar-refractivity contribution in [1.29, 1.82) is 0 Å². The molecule has 1 aliphatic rings. The number of pyridine rings is 1. The lowest BCUT2D eigenvalue weighted by molar-refractivity contribution is 0.0464. The molecule has 1 unspecified atom stereocenters. The third kappa shape index (κ3) is 2.81. The number of aromatic nitrogens is 1. The van der Waals surface area contributed by atoms with Crippen molar-refractivity contribution in [1.82, 2.24) is 9.99 Å². The van der Waals surface area contributed by atoms with Crippen LogP contribution in [0.4, 0.5) is 10.1 Å². The number of hydrazone groups is 1. The van der Waals surface area contributed by atoms with Gasteiger partial charge in [0.2, 0.25) is 6.35 Å². The highest BCUT2D eigenvalue weighted by Crippen LogP contribution is 2.35. The molecule has 9 heteroatoms. The Hall–Kier alpha value is -1.90.